The molecule has 6 heteroatoms. The predicted octanol–water partition coefficient (Wildman–Crippen LogP) is 21.7. The Hall–Kier alpha value is -5.49. The molecule has 6 nitrogen and oxygen atoms in total. The third-order valence-corrected chi connectivity index (χ3v) is 12.4. The molecular formula is C73H112O6. The fourth-order valence-electron chi connectivity index (χ4n) is 7.84. The molecule has 0 saturated heterocycles. The van der Waals surface area contributed by atoms with E-state index < -0.39 is 12.1 Å². The van der Waals surface area contributed by atoms with Gasteiger partial charge in [0.25, 0.3) is 0 Å². The number of hydrogen-bond donors (Lipinski definition) is 0. The van der Waals surface area contributed by atoms with Crippen LogP contribution in [0.4, 0.5) is 0 Å². The van der Waals surface area contributed by atoms with Gasteiger partial charge in [0.05, 0.1) is 0 Å². The monoisotopic (exact) mass is 1080 g/mol. The topological polar surface area (TPSA) is 78.9 Å². The largest absolute Gasteiger partial charge is 0.462 e. The van der Waals surface area contributed by atoms with Crippen molar-refractivity contribution < 1.29 is 28.6 Å². The van der Waals surface area contributed by atoms with Crippen molar-refractivity contribution in [2.45, 2.75) is 245 Å². The number of allylic oxidation sites excluding steroid dienone is 30. The standard InChI is InChI=1S/C73H112O6/c1-4-7-10-13-16-19-22-25-28-31-33-34-35-36-37-38-40-42-45-48-51-54-57-60-63-66-72(75)78-69-70(68-77-71(74)65-62-59-56-53-50-47-44-41-30-27-24-21-18-15-12-9-6-3)79-73(76)67-64-61-58-55-52-49-46-43-39-32-29-26-23-20-17-14-11-8-5-2/h7-12,16-21,25-30,33-34,36-37,39-40,42-43,49,52,58,61,70H,4-6,13-15,22-24,31-32,35,38,41,44-48,50-51,53-57,59-60,62-69H2,1-3H3/b10-7-,11-8-,12-9-,19-16-,20-17-,21-18-,28-25-,29-26-,30-27-,34-33-,37-36-,42-40-,43-39-,52-49-,61-58-. The van der Waals surface area contributed by atoms with Crippen LogP contribution >= 0.6 is 0 Å². The lowest BCUT2D eigenvalue weighted by Crippen LogP contribution is -2.30. The zero-order chi connectivity index (χ0) is 57.1. The molecule has 0 fully saturated rings. The van der Waals surface area contributed by atoms with Crippen LogP contribution in [0, 0.1) is 0 Å². The van der Waals surface area contributed by atoms with E-state index in [-0.39, 0.29) is 31.6 Å². The molecule has 0 aromatic rings. The van der Waals surface area contributed by atoms with Gasteiger partial charge >= 0.3 is 17.9 Å². The first-order chi connectivity index (χ1) is 39.0. The number of unbranched alkanes of at least 4 members (excludes halogenated alkanes) is 13. The summed E-state index contributed by atoms with van der Waals surface area (Å²) < 4.78 is 16.8. The Bertz CT molecular complexity index is 1870. The summed E-state index contributed by atoms with van der Waals surface area (Å²) in [5.41, 5.74) is 0. The highest BCUT2D eigenvalue weighted by Crippen LogP contribution is 2.13. The minimum absolute atomic E-state index is 0.128. The van der Waals surface area contributed by atoms with Crippen molar-refractivity contribution in [1.29, 1.82) is 0 Å². The van der Waals surface area contributed by atoms with Crippen molar-refractivity contribution in [3.63, 3.8) is 0 Å². The third-order valence-electron chi connectivity index (χ3n) is 12.4. The van der Waals surface area contributed by atoms with Crippen molar-refractivity contribution in [2.75, 3.05) is 13.2 Å². The van der Waals surface area contributed by atoms with E-state index in [0.29, 0.717) is 19.3 Å². The van der Waals surface area contributed by atoms with Crippen LogP contribution in [0.1, 0.15) is 239 Å². The summed E-state index contributed by atoms with van der Waals surface area (Å²) in [4.78, 5) is 38.3. The minimum Gasteiger partial charge on any atom is -0.462 e. The van der Waals surface area contributed by atoms with Crippen LogP contribution in [0.3, 0.4) is 0 Å². The van der Waals surface area contributed by atoms with Crippen molar-refractivity contribution in [3.05, 3.63) is 182 Å². The van der Waals surface area contributed by atoms with Gasteiger partial charge in [-0.05, 0) is 141 Å². The molecule has 79 heavy (non-hydrogen) atoms. The lowest BCUT2D eigenvalue weighted by atomic mass is 10.1. The molecule has 0 aliphatic carbocycles. The van der Waals surface area contributed by atoms with Gasteiger partial charge in [-0.15, -0.1) is 0 Å². The minimum atomic E-state index is -0.842. The lowest BCUT2D eigenvalue weighted by Gasteiger charge is -2.18. The highest BCUT2D eigenvalue weighted by atomic mass is 16.6. The summed E-state index contributed by atoms with van der Waals surface area (Å²) in [5.74, 6) is -1.04. The molecule has 0 aliphatic rings. The molecular weight excluding hydrogens is 973 g/mol. The number of esters is 3. The van der Waals surface area contributed by atoms with Crippen molar-refractivity contribution >= 4 is 17.9 Å². The Morgan fingerprint density at radius 1 is 0.253 bits per heavy atom. The summed E-state index contributed by atoms with van der Waals surface area (Å²) in [6.07, 6.45) is 97.5. The molecule has 1 atom stereocenters. The number of carbonyl (C=O) groups is 3. The first-order valence-corrected chi connectivity index (χ1v) is 31.3. The molecule has 0 aromatic heterocycles. The average Bonchev–Trinajstić information content (AvgIpc) is 3.45. The molecule has 0 radical (unpaired) electrons. The summed E-state index contributed by atoms with van der Waals surface area (Å²) in [6.45, 7) is 6.21. The molecule has 440 valence electrons. The molecule has 0 heterocycles. The van der Waals surface area contributed by atoms with Crippen LogP contribution in [-0.4, -0.2) is 37.2 Å². The maximum atomic E-state index is 12.9. The Kier molecular flexibility index (Phi) is 60.5. The van der Waals surface area contributed by atoms with E-state index in [0.717, 1.165) is 154 Å². The maximum Gasteiger partial charge on any atom is 0.306 e. The van der Waals surface area contributed by atoms with E-state index in [2.05, 4.69) is 191 Å². The second kappa shape index (κ2) is 65.0. The molecule has 0 rings (SSSR count). The molecule has 1 unspecified atom stereocenters. The number of ether oxygens (including phenoxy) is 3. The van der Waals surface area contributed by atoms with Crippen LogP contribution in [0.15, 0.2) is 182 Å². The van der Waals surface area contributed by atoms with Crippen LogP contribution in [0.25, 0.3) is 0 Å². The van der Waals surface area contributed by atoms with Gasteiger partial charge in [0.2, 0.25) is 0 Å². The van der Waals surface area contributed by atoms with Gasteiger partial charge in [-0.3, -0.25) is 14.4 Å². The molecule has 0 aromatic carbocycles. The van der Waals surface area contributed by atoms with Crippen LogP contribution in [0.2, 0.25) is 0 Å². The molecule has 0 aliphatic heterocycles. The zero-order valence-electron chi connectivity index (χ0n) is 50.3. The maximum absolute atomic E-state index is 12.9. The van der Waals surface area contributed by atoms with E-state index >= 15 is 0 Å². The fraction of sp³-hybridized carbons (Fsp3) is 0.548. The summed E-state index contributed by atoms with van der Waals surface area (Å²) in [6, 6.07) is 0. The normalized spacial score (nSPS) is 13.4. The Morgan fingerprint density at radius 3 is 0.759 bits per heavy atom. The second-order valence-electron chi connectivity index (χ2n) is 19.8. The van der Waals surface area contributed by atoms with Crippen LogP contribution in [0.5, 0.6) is 0 Å². The smallest absolute Gasteiger partial charge is 0.306 e. The highest BCUT2D eigenvalue weighted by Gasteiger charge is 2.19. The molecule has 0 N–H and O–H groups in total. The highest BCUT2D eigenvalue weighted by molar-refractivity contribution is 5.71. The van der Waals surface area contributed by atoms with Crippen molar-refractivity contribution in [3.8, 4) is 0 Å². The average molecular weight is 1090 g/mol. The van der Waals surface area contributed by atoms with Gasteiger partial charge in [-0.2, -0.15) is 0 Å². The summed E-state index contributed by atoms with van der Waals surface area (Å²) in [5, 5.41) is 0. The van der Waals surface area contributed by atoms with E-state index in [1.165, 1.54) is 38.5 Å². The van der Waals surface area contributed by atoms with Gasteiger partial charge < -0.3 is 14.2 Å². The first kappa shape index (κ1) is 73.5. The number of hydrogen-bond acceptors (Lipinski definition) is 6. The Morgan fingerprint density at radius 2 is 0.481 bits per heavy atom. The van der Waals surface area contributed by atoms with E-state index in [9.17, 15) is 14.4 Å². The van der Waals surface area contributed by atoms with E-state index in [1.54, 1.807) is 0 Å². The Labute approximate surface area is 484 Å². The zero-order valence-corrected chi connectivity index (χ0v) is 50.3. The quantitative estimate of drug-likeness (QED) is 0.0261. The molecule has 0 spiro atoms. The number of rotatable bonds is 54. The predicted molar refractivity (Wildman–Crippen MR) is 343 cm³/mol. The second-order valence-corrected chi connectivity index (χ2v) is 19.8. The van der Waals surface area contributed by atoms with Crippen LogP contribution < -0.4 is 0 Å². The molecule has 0 saturated carbocycles. The summed E-state index contributed by atoms with van der Waals surface area (Å²) in [7, 11) is 0. The van der Waals surface area contributed by atoms with Crippen LogP contribution in [-0.2, 0) is 28.6 Å². The van der Waals surface area contributed by atoms with Gasteiger partial charge in [0, 0.05) is 19.3 Å². The summed E-state index contributed by atoms with van der Waals surface area (Å²) >= 11 is 0. The molecule has 0 amide bonds. The van der Waals surface area contributed by atoms with E-state index in [4.69, 9.17) is 14.2 Å². The first-order valence-electron chi connectivity index (χ1n) is 31.3. The third kappa shape index (κ3) is 63.2. The van der Waals surface area contributed by atoms with E-state index in [1.807, 2.05) is 12.2 Å². The number of carbonyl (C=O) groups excluding carboxylic acids is 3. The SMILES string of the molecule is CC/C=C\C/C=C\C/C=C\C/C=C\C/C=C\C/C=C\CCCCCCCCC(=O)OCC(COC(=O)CCCCCCCCC/C=C\C/C=C\C/C=C\CC)OC(=O)CC/C=C\C/C=C\C/C=C\C/C=C\C/C=C\C/C=C\CC. The Balaban J connectivity index is 4.56. The van der Waals surface area contributed by atoms with Crippen molar-refractivity contribution in [1.82, 2.24) is 0 Å². The van der Waals surface area contributed by atoms with Gasteiger partial charge in [-0.25, -0.2) is 0 Å². The molecule has 0 bridgehead atoms. The lowest BCUT2D eigenvalue weighted by molar-refractivity contribution is -0.166. The van der Waals surface area contributed by atoms with Crippen molar-refractivity contribution in [2.24, 2.45) is 0 Å². The van der Waals surface area contributed by atoms with Gasteiger partial charge in [-0.1, -0.05) is 261 Å². The fourth-order valence-corrected chi connectivity index (χ4v) is 7.84. The van der Waals surface area contributed by atoms with Gasteiger partial charge in [0.1, 0.15) is 13.2 Å². The van der Waals surface area contributed by atoms with Gasteiger partial charge in [0.15, 0.2) is 6.10 Å².